The van der Waals surface area contributed by atoms with Crippen molar-refractivity contribution in [2.45, 2.75) is 39.0 Å². The van der Waals surface area contributed by atoms with Crippen LogP contribution < -0.4 is 11.5 Å². The highest BCUT2D eigenvalue weighted by Crippen LogP contribution is 2.49. The van der Waals surface area contributed by atoms with Crippen LogP contribution >= 0.6 is 0 Å². The van der Waals surface area contributed by atoms with Gasteiger partial charge >= 0.3 is 5.97 Å². The average Bonchev–Trinajstić information content (AvgIpc) is 3.34. The number of nitrogens with one attached hydrogen (secondary N) is 1. The van der Waals surface area contributed by atoms with E-state index in [2.05, 4.69) is 5.16 Å². The minimum atomic E-state index is -0.873. The largest absolute Gasteiger partial charge is 0.402 e. The predicted octanol–water partition coefficient (Wildman–Crippen LogP) is 2.36. The van der Waals surface area contributed by atoms with Gasteiger partial charge in [0.15, 0.2) is 5.84 Å². The van der Waals surface area contributed by atoms with E-state index in [0.717, 1.165) is 24.0 Å². The molecule has 0 heterocycles. The molecule has 0 saturated heterocycles. The van der Waals surface area contributed by atoms with Crippen molar-refractivity contribution < 1.29 is 9.63 Å². The van der Waals surface area contributed by atoms with E-state index in [1.807, 2.05) is 45.0 Å². The Morgan fingerprint density at radius 3 is 2.50 bits per heavy atom. The zero-order chi connectivity index (χ0) is 17.9. The first-order valence-electron chi connectivity index (χ1n) is 7.95. The van der Waals surface area contributed by atoms with Crippen LogP contribution in [-0.2, 0) is 15.0 Å². The molecule has 128 valence electrons. The first-order valence-corrected chi connectivity index (χ1v) is 7.95. The number of carbonyl (C=O) groups excluding carboxylic acids is 1. The molecule has 24 heavy (non-hydrogen) atoms. The maximum atomic E-state index is 11.8. The van der Waals surface area contributed by atoms with E-state index in [4.69, 9.17) is 21.7 Å². The summed E-state index contributed by atoms with van der Waals surface area (Å²) in [6.07, 6.45) is 3.01. The number of oxime groups is 1. The number of amidine groups is 1. The van der Waals surface area contributed by atoms with E-state index in [1.165, 1.54) is 6.08 Å². The second-order valence-electron chi connectivity index (χ2n) is 6.47. The van der Waals surface area contributed by atoms with Crippen LogP contribution in [-0.4, -0.2) is 17.5 Å². The lowest BCUT2D eigenvalue weighted by atomic mass is 9.91. The van der Waals surface area contributed by atoms with Crippen molar-refractivity contribution in [1.82, 2.24) is 0 Å². The van der Waals surface area contributed by atoms with Gasteiger partial charge in [-0.25, -0.2) is 4.79 Å². The molecule has 0 aromatic heterocycles. The second kappa shape index (κ2) is 6.86. The molecular formula is C18H24N4O2. The Morgan fingerprint density at radius 1 is 1.33 bits per heavy atom. The number of allylic oxidation sites excluding steroid dienone is 1. The smallest absolute Gasteiger partial charge is 0.383 e. The summed E-state index contributed by atoms with van der Waals surface area (Å²) in [4.78, 5) is 16.7. The SMILES string of the molecule is Cc1ccccc1C1(/C(N)=N/OC(=O)C(=N)/C=C(\N)C(C)C)CC1. The molecule has 0 aliphatic heterocycles. The van der Waals surface area contributed by atoms with Gasteiger partial charge < -0.3 is 16.3 Å². The molecule has 0 bridgehead atoms. The maximum absolute atomic E-state index is 11.8. The van der Waals surface area contributed by atoms with Gasteiger partial charge in [0, 0.05) is 5.70 Å². The minimum Gasteiger partial charge on any atom is -0.402 e. The van der Waals surface area contributed by atoms with Crippen LogP contribution in [0.4, 0.5) is 0 Å². The highest BCUT2D eigenvalue weighted by atomic mass is 16.7. The molecule has 6 heteroatoms. The topological polar surface area (TPSA) is 115 Å². The fourth-order valence-electron chi connectivity index (χ4n) is 2.52. The summed E-state index contributed by atoms with van der Waals surface area (Å²) in [6, 6.07) is 7.95. The number of hydrogen-bond acceptors (Lipinski definition) is 5. The summed E-state index contributed by atoms with van der Waals surface area (Å²) in [5.41, 5.74) is 13.8. The average molecular weight is 328 g/mol. The Morgan fingerprint density at radius 2 is 1.96 bits per heavy atom. The summed E-state index contributed by atoms with van der Waals surface area (Å²) in [7, 11) is 0. The van der Waals surface area contributed by atoms with Gasteiger partial charge in [-0.1, -0.05) is 43.3 Å². The van der Waals surface area contributed by atoms with Crippen molar-refractivity contribution in [1.29, 1.82) is 5.41 Å². The Hall–Kier alpha value is -2.63. The van der Waals surface area contributed by atoms with Crippen LogP contribution in [0.15, 0.2) is 41.2 Å². The molecule has 2 rings (SSSR count). The highest BCUT2D eigenvalue weighted by Gasteiger charge is 2.49. The molecule has 0 spiro atoms. The number of hydrogen-bond donors (Lipinski definition) is 3. The first-order chi connectivity index (χ1) is 11.3. The van der Waals surface area contributed by atoms with E-state index in [9.17, 15) is 4.79 Å². The van der Waals surface area contributed by atoms with E-state index >= 15 is 0 Å². The van der Waals surface area contributed by atoms with Crippen LogP contribution in [0, 0.1) is 18.3 Å². The molecule has 0 amide bonds. The molecule has 0 atom stereocenters. The number of rotatable bonds is 6. The van der Waals surface area contributed by atoms with E-state index in [1.54, 1.807) is 0 Å². The highest BCUT2D eigenvalue weighted by molar-refractivity contribution is 6.39. The van der Waals surface area contributed by atoms with Gasteiger partial charge in [-0.3, -0.25) is 5.41 Å². The van der Waals surface area contributed by atoms with E-state index < -0.39 is 5.97 Å². The lowest BCUT2D eigenvalue weighted by Crippen LogP contribution is -2.30. The zero-order valence-corrected chi connectivity index (χ0v) is 14.3. The van der Waals surface area contributed by atoms with Crippen molar-refractivity contribution in [3.63, 3.8) is 0 Å². The molecule has 1 aliphatic carbocycles. The zero-order valence-electron chi connectivity index (χ0n) is 14.3. The molecule has 1 fully saturated rings. The van der Waals surface area contributed by atoms with Crippen molar-refractivity contribution in [2.24, 2.45) is 22.5 Å². The molecule has 0 radical (unpaired) electrons. The molecule has 1 aromatic carbocycles. The van der Waals surface area contributed by atoms with Crippen molar-refractivity contribution in [3.05, 3.63) is 47.2 Å². The number of benzene rings is 1. The van der Waals surface area contributed by atoms with Gasteiger partial charge in [0.25, 0.3) is 0 Å². The predicted molar refractivity (Wildman–Crippen MR) is 94.6 cm³/mol. The standard InChI is InChI=1S/C18H24N4O2/c1-11(2)14(19)10-15(20)16(23)24-22-17(21)18(8-9-18)13-7-5-4-6-12(13)3/h4-7,10-11,20H,8-9,19H2,1-3H3,(H2,21,22)/b14-10-,20-15?. The van der Waals surface area contributed by atoms with Gasteiger partial charge in [0.2, 0.25) is 0 Å². The summed E-state index contributed by atoms with van der Waals surface area (Å²) in [6.45, 7) is 5.77. The quantitative estimate of drug-likeness (QED) is 0.322. The third-order valence-corrected chi connectivity index (χ3v) is 4.33. The van der Waals surface area contributed by atoms with Crippen LogP contribution in [0.1, 0.15) is 37.8 Å². The fourth-order valence-corrected chi connectivity index (χ4v) is 2.52. The molecule has 1 aliphatic rings. The maximum Gasteiger partial charge on any atom is 0.383 e. The number of carbonyl (C=O) groups is 1. The van der Waals surface area contributed by atoms with Crippen molar-refractivity contribution in [2.75, 3.05) is 0 Å². The molecule has 0 unspecified atom stereocenters. The second-order valence-corrected chi connectivity index (χ2v) is 6.47. The van der Waals surface area contributed by atoms with Crippen LogP contribution in [0.25, 0.3) is 0 Å². The van der Waals surface area contributed by atoms with E-state index in [-0.39, 0.29) is 22.9 Å². The number of aryl methyl sites for hydroxylation is 1. The van der Waals surface area contributed by atoms with Crippen molar-refractivity contribution in [3.8, 4) is 0 Å². The normalized spacial score (nSPS) is 16.8. The Balaban J connectivity index is 2.10. The van der Waals surface area contributed by atoms with Gasteiger partial charge in [0.1, 0.15) is 5.71 Å². The molecule has 6 nitrogen and oxygen atoms in total. The Labute approximate surface area is 142 Å². The van der Waals surface area contributed by atoms with Crippen molar-refractivity contribution >= 4 is 17.5 Å². The summed E-state index contributed by atoms with van der Waals surface area (Å²) < 4.78 is 0. The third-order valence-electron chi connectivity index (χ3n) is 4.33. The van der Waals surface area contributed by atoms with Gasteiger partial charge in [0.05, 0.1) is 5.41 Å². The van der Waals surface area contributed by atoms with Crippen LogP contribution in [0.2, 0.25) is 0 Å². The number of nitrogens with two attached hydrogens (primary N) is 2. The molecule has 1 saturated carbocycles. The monoisotopic (exact) mass is 328 g/mol. The van der Waals surface area contributed by atoms with Gasteiger partial charge in [-0.05, 0) is 42.9 Å². The third kappa shape index (κ3) is 3.64. The molecule has 1 aromatic rings. The molecular weight excluding hydrogens is 304 g/mol. The number of nitrogens with zero attached hydrogens (tertiary/aromatic N) is 1. The van der Waals surface area contributed by atoms with Gasteiger partial charge in [-0.2, -0.15) is 0 Å². The minimum absolute atomic E-state index is 0.0440. The lowest BCUT2D eigenvalue weighted by molar-refractivity contribution is -0.135. The Kier molecular flexibility index (Phi) is 5.07. The van der Waals surface area contributed by atoms with Crippen LogP contribution in [0.3, 0.4) is 0 Å². The van der Waals surface area contributed by atoms with Crippen LogP contribution in [0.5, 0.6) is 0 Å². The van der Waals surface area contributed by atoms with E-state index in [0.29, 0.717) is 5.70 Å². The lowest BCUT2D eigenvalue weighted by Gasteiger charge is -2.16. The fraction of sp³-hybridized carbons (Fsp3) is 0.389. The summed E-state index contributed by atoms with van der Waals surface area (Å²) in [5.74, 6) is -0.566. The molecule has 5 N–H and O–H groups in total. The summed E-state index contributed by atoms with van der Waals surface area (Å²) >= 11 is 0. The van der Waals surface area contributed by atoms with Gasteiger partial charge in [-0.15, -0.1) is 0 Å². The Bertz CT molecular complexity index is 715. The first kappa shape index (κ1) is 17.7. The summed E-state index contributed by atoms with van der Waals surface area (Å²) in [5, 5.41) is 11.5.